The minimum Gasteiger partial charge on any atom is -0.467 e. The third kappa shape index (κ3) is 6.16. The second kappa shape index (κ2) is 8.75. The largest absolute Gasteiger partial charge is 0.467 e. The van der Waals surface area contributed by atoms with Crippen LogP contribution in [0.1, 0.15) is 41.9 Å². The van der Waals surface area contributed by atoms with Crippen LogP contribution in [0, 0.1) is 5.92 Å². The van der Waals surface area contributed by atoms with E-state index in [1.165, 1.54) is 6.26 Å². The third-order valence-electron chi connectivity index (χ3n) is 3.82. The zero-order valence-corrected chi connectivity index (χ0v) is 15.0. The van der Waals surface area contributed by atoms with Gasteiger partial charge in [-0.15, -0.1) is 0 Å². The summed E-state index contributed by atoms with van der Waals surface area (Å²) in [6, 6.07) is 6.44. The number of carbonyl (C=O) groups is 2. The molecule has 8 heteroatoms. The van der Waals surface area contributed by atoms with Gasteiger partial charge in [-0.1, -0.05) is 13.8 Å². The molecule has 0 aliphatic carbocycles. The molecule has 27 heavy (non-hydrogen) atoms. The van der Waals surface area contributed by atoms with Crippen LogP contribution in [0.5, 0.6) is 0 Å². The first-order valence-corrected chi connectivity index (χ1v) is 8.45. The van der Waals surface area contributed by atoms with E-state index >= 15 is 0 Å². The molecule has 1 aromatic carbocycles. The van der Waals surface area contributed by atoms with Crippen molar-refractivity contribution in [3.63, 3.8) is 0 Å². The van der Waals surface area contributed by atoms with Crippen molar-refractivity contribution in [2.24, 2.45) is 5.92 Å². The average molecular weight is 382 g/mol. The van der Waals surface area contributed by atoms with E-state index in [1.54, 1.807) is 12.1 Å². The number of halogens is 3. The lowest BCUT2D eigenvalue weighted by atomic mass is 10.0. The maximum absolute atomic E-state index is 12.6. The van der Waals surface area contributed by atoms with Gasteiger partial charge in [0.25, 0.3) is 5.91 Å². The number of furan rings is 1. The van der Waals surface area contributed by atoms with Crippen LogP contribution in [0.2, 0.25) is 0 Å². The van der Waals surface area contributed by atoms with Crippen LogP contribution < -0.4 is 10.6 Å². The molecule has 0 saturated heterocycles. The number of hydrogen-bond donors (Lipinski definition) is 2. The predicted molar refractivity (Wildman–Crippen MR) is 92.7 cm³/mol. The molecule has 0 aliphatic rings. The van der Waals surface area contributed by atoms with Crippen LogP contribution in [0.25, 0.3) is 0 Å². The molecule has 0 spiro atoms. The van der Waals surface area contributed by atoms with E-state index in [4.69, 9.17) is 4.42 Å². The lowest BCUT2D eigenvalue weighted by Gasteiger charge is -2.20. The Labute approximate surface area is 154 Å². The van der Waals surface area contributed by atoms with Crippen molar-refractivity contribution in [2.75, 3.05) is 0 Å². The Balaban J connectivity index is 2.03. The van der Waals surface area contributed by atoms with Gasteiger partial charge in [-0.05, 0) is 48.7 Å². The van der Waals surface area contributed by atoms with Crippen molar-refractivity contribution in [2.45, 2.75) is 39.0 Å². The number of rotatable bonds is 7. The Kier molecular flexibility index (Phi) is 6.65. The van der Waals surface area contributed by atoms with Crippen molar-refractivity contribution in [3.05, 3.63) is 59.5 Å². The molecule has 0 saturated carbocycles. The van der Waals surface area contributed by atoms with E-state index in [9.17, 15) is 22.8 Å². The smallest absolute Gasteiger partial charge is 0.416 e. The second-order valence-corrected chi connectivity index (χ2v) is 6.53. The van der Waals surface area contributed by atoms with E-state index in [0.29, 0.717) is 12.2 Å². The Morgan fingerprint density at radius 2 is 1.78 bits per heavy atom. The van der Waals surface area contributed by atoms with Crippen molar-refractivity contribution < 1.29 is 27.2 Å². The number of nitrogens with one attached hydrogen (secondary N) is 2. The van der Waals surface area contributed by atoms with Gasteiger partial charge in [0.1, 0.15) is 11.8 Å². The van der Waals surface area contributed by atoms with Gasteiger partial charge in [0.05, 0.1) is 18.4 Å². The van der Waals surface area contributed by atoms with Gasteiger partial charge in [-0.3, -0.25) is 9.59 Å². The summed E-state index contributed by atoms with van der Waals surface area (Å²) in [6.07, 6.45) is -2.60. The quantitative estimate of drug-likeness (QED) is 0.766. The van der Waals surface area contributed by atoms with Crippen LogP contribution in [-0.2, 0) is 17.5 Å². The lowest BCUT2D eigenvalue weighted by Crippen LogP contribution is -2.47. The van der Waals surface area contributed by atoms with E-state index < -0.39 is 23.7 Å². The van der Waals surface area contributed by atoms with Gasteiger partial charge in [-0.2, -0.15) is 13.2 Å². The first-order chi connectivity index (χ1) is 12.7. The zero-order chi connectivity index (χ0) is 20.0. The van der Waals surface area contributed by atoms with Crippen molar-refractivity contribution in [1.29, 1.82) is 0 Å². The normalized spacial score (nSPS) is 12.7. The summed E-state index contributed by atoms with van der Waals surface area (Å²) in [4.78, 5) is 24.8. The number of carbonyl (C=O) groups excluding carboxylic acids is 2. The Bertz CT molecular complexity index is 754. The van der Waals surface area contributed by atoms with Crippen molar-refractivity contribution >= 4 is 11.8 Å². The monoisotopic (exact) mass is 382 g/mol. The molecule has 2 rings (SSSR count). The summed E-state index contributed by atoms with van der Waals surface area (Å²) in [5, 5.41) is 5.27. The van der Waals surface area contributed by atoms with E-state index in [-0.39, 0.29) is 23.9 Å². The molecule has 1 atom stereocenters. The predicted octanol–water partition coefficient (Wildman–Crippen LogP) is 3.76. The second-order valence-electron chi connectivity index (χ2n) is 6.53. The summed E-state index contributed by atoms with van der Waals surface area (Å²) in [5.74, 6) is -0.305. The van der Waals surface area contributed by atoms with Crippen LogP contribution in [0.3, 0.4) is 0 Å². The fourth-order valence-corrected chi connectivity index (χ4v) is 2.47. The molecule has 146 valence electrons. The molecule has 0 fully saturated rings. The van der Waals surface area contributed by atoms with Crippen LogP contribution in [-0.4, -0.2) is 17.9 Å². The topological polar surface area (TPSA) is 71.3 Å². The Hall–Kier alpha value is -2.77. The molecule has 0 aliphatic heterocycles. The highest BCUT2D eigenvalue weighted by molar-refractivity contribution is 5.97. The van der Waals surface area contributed by atoms with Gasteiger partial charge < -0.3 is 15.1 Å². The summed E-state index contributed by atoms with van der Waals surface area (Å²) in [7, 11) is 0. The molecule has 0 radical (unpaired) electrons. The first kappa shape index (κ1) is 20.5. The summed E-state index contributed by atoms with van der Waals surface area (Å²) in [6.45, 7) is 3.98. The summed E-state index contributed by atoms with van der Waals surface area (Å²) in [5.41, 5.74) is -0.787. The molecular weight excluding hydrogens is 361 g/mol. The highest BCUT2D eigenvalue weighted by atomic mass is 19.4. The highest BCUT2D eigenvalue weighted by Crippen LogP contribution is 2.29. The molecule has 2 aromatic rings. The first-order valence-electron chi connectivity index (χ1n) is 8.45. The fraction of sp³-hybridized carbons (Fsp3) is 0.368. The van der Waals surface area contributed by atoms with Crippen LogP contribution in [0.4, 0.5) is 13.2 Å². The number of amides is 2. The van der Waals surface area contributed by atoms with Gasteiger partial charge in [0.2, 0.25) is 5.91 Å². The standard InChI is InChI=1S/C19H21F3N2O3/c1-12(2)10-16(18(26)23-11-15-4-3-9-27-15)24-17(25)13-5-7-14(8-6-13)19(20,21)22/h3-9,12,16H,10-11H2,1-2H3,(H,23,26)(H,24,25)/t16-/m0/s1. The van der Waals surface area contributed by atoms with Crippen LogP contribution >= 0.6 is 0 Å². The molecule has 1 heterocycles. The average Bonchev–Trinajstić information content (AvgIpc) is 3.11. The zero-order valence-electron chi connectivity index (χ0n) is 15.0. The maximum Gasteiger partial charge on any atom is 0.416 e. The van der Waals surface area contributed by atoms with Gasteiger partial charge in [0.15, 0.2) is 0 Å². The molecule has 1 aromatic heterocycles. The Morgan fingerprint density at radius 1 is 1.11 bits per heavy atom. The molecular formula is C19H21F3N2O3. The number of benzene rings is 1. The molecule has 2 N–H and O–H groups in total. The molecule has 2 amide bonds. The summed E-state index contributed by atoms with van der Waals surface area (Å²) >= 11 is 0. The number of hydrogen-bond acceptors (Lipinski definition) is 3. The van der Waals surface area contributed by atoms with Crippen molar-refractivity contribution in [1.82, 2.24) is 10.6 Å². The van der Waals surface area contributed by atoms with E-state index in [1.807, 2.05) is 13.8 Å². The minimum atomic E-state index is -4.47. The van der Waals surface area contributed by atoms with Gasteiger partial charge >= 0.3 is 6.18 Å². The molecule has 0 bridgehead atoms. The SMILES string of the molecule is CC(C)C[C@H](NC(=O)c1ccc(C(F)(F)F)cc1)C(=O)NCc1ccco1. The van der Waals surface area contributed by atoms with Crippen molar-refractivity contribution in [3.8, 4) is 0 Å². The van der Waals surface area contributed by atoms with Crippen LogP contribution in [0.15, 0.2) is 47.1 Å². The molecule has 5 nitrogen and oxygen atoms in total. The number of alkyl halides is 3. The van der Waals surface area contributed by atoms with Gasteiger partial charge in [0, 0.05) is 5.56 Å². The third-order valence-corrected chi connectivity index (χ3v) is 3.82. The van der Waals surface area contributed by atoms with E-state index in [0.717, 1.165) is 24.3 Å². The highest BCUT2D eigenvalue weighted by Gasteiger charge is 2.30. The van der Waals surface area contributed by atoms with E-state index in [2.05, 4.69) is 10.6 Å². The van der Waals surface area contributed by atoms with Gasteiger partial charge in [-0.25, -0.2) is 0 Å². The fourth-order valence-electron chi connectivity index (χ4n) is 2.47. The Morgan fingerprint density at radius 3 is 2.30 bits per heavy atom. The molecule has 0 unspecified atom stereocenters. The summed E-state index contributed by atoms with van der Waals surface area (Å²) < 4.78 is 43.0. The minimum absolute atomic E-state index is 0.0515. The lowest BCUT2D eigenvalue weighted by molar-refractivity contribution is -0.137. The maximum atomic E-state index is 12.6.